The monoisotopic (exact) mass is 233 g/mol. The van der Waals surface area contributed by atoms with Gasteiger partial charge < -0.3 is 11.1 Å². The van der Waals surface area contributed by atoms with Crippen LogP contribution in [0.2, 0.25) is 0 Å². The predicted octanol–water partition coefficient (Wildman–Crippen LogP) is 1.22. The molecule has 4 heteroatoms. The van der Waals surface area contributed by atoms with Gasteiger partial charge in [-0.15, -0.1) is 0 Å². The molecule has 1 aliphatic rings. The number of rotatable bonds is 3. The number of hydrogen-bond acceptors (Lipinski definition) is 3. The summed E-state index contributed by atoms with van der Waals surface area (Å²) in [6, 6.07) is 5.89. The highest BCUT2D eigenvalue weighted by molar-refractivity contribution is 5.78. The van der Waals surface area contributed by atoms with Gasteiger partial charge >= 0.3 is 0 Å². The maximum absolute atomic E-state index is 11.9. The van der Waals surface area contributed by atoms with Crippen LogP contribution in [0.15, 0.2) is 24.4 Å². The number of nitrogens with zero attached hydrogens (tertiary/aromatic N) is 1. The zero-order valence-electron chi connectivity index (χ0n) is 9.93. The molecule has 1 amide bonds. The Morgan fingerprint density at radius 1 is 1.47 bits per heavy atom. The average Bonchev–Trinajstić information content (AvgIpc) is 2.37. The first-order valence-corrected chi connectivity index (χ1v) is 6.19. The van der Waals surface area contributed by atoms with E-state index < -0.39 is 0 Å². The molecule has 0 aromatic carbocycles. The van der Waals surface area contributed by atoms with E-state index in [1.54, 1.807) is 6.20 Å². The molecule has 2 atom stereocenters. The van der Waals surface area contributed by atoms with Crippen LogP contribution in [-0.4, -0.2) is 16.9 Å². The second-order valence-electron chi connectivity index (χ2n) is 4.66. The van der Waals surface area contributed by atoms with Gasteiger partial charge in [0.2, 0.25) is 5.91 Å². The third-order valence-corrected chi connectivity index (χ3v) is 3.26. The lowest BCUT2D eigenvalue weighted by Crippen LogP contribution is -2.37. The Bertz CT molecular complexity index is 366. The molecule has 92 valence electrons. The predicted molar refractivity (Wildman–Crippen MR) is 66.0 cm³/mol. The minimum absolute atomic E-state index is 0.0856. The van der Waals surface area contributed by atoms with Gasteiger partial charge in [-0.2, -0.15) is 0 Å². The number of amides is 1. The third kappa shape index (κ3) is 3.53. The Morgan fingerprint density at radius 2 is 2.35 bits per heavy atom. The van der Waals surface area contributed by atoms with E-state index >= 15 is 0 Å². The van der Waals surface area contributed by atoms with Crippen LogP contribution in [0.5, 0.6) is 0 Å². The minimum Gasteiger partial charge on any atom is -0.350 e. The van der Waals surface area contributed by atoms with E-state index in [1.807, 2.05) is 18.2 Å². The van der Waals surface area contributed by atoms with Crippen molar-refractivity contribution in [2.24, 2.45) is 11.7 Å². The van der Waals surface area contributed by atoms with E-state index in [-0.39, 0.29) is 17.9 Å². The molecule has 0 bridgehead atoms. The fourth-order valence-electron chi connectivity index (χ4n) is 2.29. The van der Waals surface area contributed by atoms with Gasteiger partial charge in [0.15, 0.2) is 0 Å². The van der Waals surface area contributed by atoms with Crippen molar-refractivity contribution in [2.75, 3.05) is 0 Å². The maximum Gasteiger partial charge on any atom is 0.223 e. The van der Waals surface area contributed by atoms with E-state index in [2.05, 4.69) is 10.3 Å². The number of aromatic nitrogens is 1. The molecule has 1 aromatic rings. The fraction of sp³-hybridized carbons (Fsp3) is 0.538. The van der Waals surface area contributed by atoms with E-state index in [4.69, 9.17) is 5.73 Å². The zero-order chi connectivity index (χ0) is 12.1. The lowest BCUT2D eigenvalue weighted by atomic mass is 9.85. The standard InChI is InChI=1S/C13H19N3O/c14-11-5-3-4-10(8-11)13(17)16-9-12-6-1-2-7-15-12/h1-2,6-7,10-11H,3-5,8-9,14H2,(H,16,17). The summed E-state index contributed by atoms with van der Waals surface area (Å²) >= 11 is 0. The van der Waals surface area contributed by atoms with Gasteiger partial charge in [-0.05, 0) is 31.4 Å². The highest BCUT2D eigenvalue weighted by Crippen LogP contribution is 2.23. The first-order chi connectivity index (χ1) is 8.25. The molecule has 0 aliphatic heterocycles. The van der Waals surface area contributed by atoms with Gasteiger partial charge in [0.05, 0.1) is 12.2 Å². The summed E-state index contributed by atoms with van der Waals surface area (Å²) in [4.78, 5) is 16.1. The van der Waals surface area contributed by atoms with Crippen molar-refractivity contribution < 1.29 is 4.79 Å². The van der Waals surface area contributed by atoms with Crippen molar-refractivity contribution in [3.63, 3.8) is 0 Å². The fourth-order valence-corrected chi connectivity index (χ4v) is 2.29. The first-order valence-electron chi connectivity index (χ1n) is 6.19. The van der Waals surface area contributed by atoms with Crippen molar-refractivity contribution in [1.82, 2.24) is 10.3 Å². The van der Waals surface area contributed by atoms with Crippen molar-refractivity contribution >= 4 is 5.91 Å². The van der Waals surface area contributed by atoms with E-state index in [1.165, 1.54) is 0 Å². The first kappa shape index (κ1) is 12.0. The molecular formula is C13H19N3O. The highest BCUT2D eigenvalue weighted by Gasteiger charge is 2.24. The third-order valence-electron chi connectivity index (χ3n) is 3.26. The molecule has 3 N–H and O–H groups in total. The number of carbonyl (C=O) groups is 1. The van der Waals surface area contributed by atoms with Crippen molar-refractivity contribution in [2.45, 2.75) is 38.3 Å². The SMILES string of the molecule is NC1CCCC(C(=O)NCc2ccccn2)C1. The van der Waals surface area contributed by atoms with Gasteiger partial charge in [-0.3, -0.25) is 9.78 Å². The Balaban J connectivity index is 1.81. The number of nitrogens with two attached hydrogens (primary N) is 1. The molecule has 1 fully saturated rings. The van der Waals surface area contributed by atoms with Crippen molar-refractivity contribution in [3.8, 4) is 0 Å². The van der Waals surface area contributed by atoms with Crippen LogP contribution >= 0.6 is 0 Å². The van der Waals surface area contributed by atoms with Crippen LogP contribution < -0.4 is 11.1 Å². The van der Waals surface area contributed by atoms with Crippen LogP contribution in [0.3, 0.4) is 0 Å². The van der Waals surface area contributed by atoms with E-state index in [0.29, 0.717) is 6.54 Å². The van der Waals surface area contributed by atoms with Gasteiger partial charge in [0, 0.05) is 18.2 Å². The van der Waals surface area contributed by atoms with Gasteiger partial charge in [-0.1, -0.05) is 12.5 Å². The normalized spacial score (nSPS) is 24.3. The second kappa shape index (κ2) is 5.77. The Morgan fingerprint density at radius 3 is 3.06 bits per heavy atom. The molecule has 2 unspecified atom stereocenters. The Kier molecular flexibility index (Phi) is 4.09. The quantitative estimate of drug-likeness (QED) is 0.824. The number of carbonyl (C=O) groups excluding carboxylic acids is 1. The van der Waals surface area contributed by atoms with Gasteiger partial charge in [0.1, 0.15) is 0 Å². The Labute approximate surface area is 102 Å². The largest absolute Gasteiger partial charge is 0.350 e. The molecule has 1 saturated carbocycles. The summed E-state index contributed by atoms with van der Waals surface area (Å²) in [6.07, 6.45) is 5.61. The molecule has 17 heavy (non-hydrogen) atoms. The summed E-state index contributed by atoms with van der Waals surface area (Å²) in [5.74, 6) is 0.202. The molecule has 2 rings (SSSR count). The molecule has 0 radical (unpaired) electrons. The summed E-state index contributed by atoms with van der Waals surface area (Å²) in [5, 5.41) is 2.93. The molecule has 0 saturated heterocycles. The molecule has 1 heterocycles. The summed E-state index contributed by atoms with van der Waals surface area (Å²) < 4.78 is 0. The van der Waals surface area contributed by atoms with E-state index in [9.17, 15) is 4.79 Å². The van der Waals surface area contributed by atoms with Crippen molar-refractivity contribution in [1.29, 1.82) is 0 Å². The molecular weight excluding hydrogens is 214 g/mol. The average molecular weight is 233 g/mol. The van der Waals surface area contributed by atoms with Crippen molar-refractivity contribution in [3.05, 3.63) is 30.1 Å². The molecule has 0 spiro atoms. The molecule has 1 aliphatic carbocycles. The number of hydrogen-bond donors (Lipinski definition) is 2. The smallest absolute Gasteiger partial charge is 0.223 e. The topological polar surface area (TPSA) is 68.0 Å². The zero-order valence-corrected chi connectivity index (χ0v) is 9.93. The van der Waals surface area contributed by atoms with Crippen LogP contribution in [-0.2, 0) is 11.3 Å². The molecule has 4 nitrogen and oxygen atoms in total. The Hall–Kier alpha value is -1.42. The van der Waals surface area contributed by atoms with E-state index in [0.717, 1.165) is 31.4 Å². The van der Waals surface area contributed by atoms with Crippen LogP contribution in [0.25, 0.3) is 0 Å². The highest BCUT2D eigenvalue weighted by atomic mass is 16.1. The molecule has 1 aromatic heterocycles. The van der Waals surface area contributed by atoms with Gasteiger partial charge in [-0.25, -0.2) is 0 Å². The number of nitrogens with one attached hydrogen (secondary N) is 1. The van der Waals surface area contributed by atoms with Crippen LogP contribution in [0.1, 0.15) is 31.4 Å². The lowest BCUT2D eigenvalue weighted by molar-refractivity contribution is -0.126. The summed E-state index contributed by atoms with van der Waals surface area (Å²) in [6.45, 7) is 0.505. The maximum atomic E-state index is 11.9. The lowest BCUT2D eigenvalue weighted by Gasteiger charge is -2.25. The summed E-state index contributed by atoms with van der Waals surface area (Å²) in [5.41, 5.74) is 6.77. The second-order valence-corrected chi connectivity index (χ2v) is 4.66. The summed E-state index contributed by atoms with van der Waals surface area (Å²) in [7, 11) is 0. The van der Waals surface area contributed by atoms with Gasteiger partial charge in [0.25, 0.3) is 0 Å². The van der Waals surface area contributed by atoms with Crippen LogP contribution in [0.4, 0.5) is 0 Å². The van der Waals surface area contributed by atoms with Crippen LogP contribution in [0, 0.1) is 5.92 Å². The minimum atomic E-state index is 0.0856. The number of pyridine rings is 1.